The van der Waals surface area contributed by atoms with E-state index in [1.54, 1.807) is 11.8 Å². The third kappa shape index (κ3) is 3.76. The molecule has 4 heteroatoms. The number of carbonyl (C=O) groups excluding carboxylic acids is 1. The summed E-state index contributed by atoms with van der Waals surface area (Å²) in [4.78, 5) is 16.1. The number of thioether (sulfide) groups is 1. The molecule has 1 aliphatic heterocycles. The minimum absolute atomic E-state index is 0.0330. The van der Waals surface area contributed by atoms with Crippen molar-refractivity contribution in [3.63, 3.8) is 0 Å². The number of hydrogen-bond acceptors (Lipinski definition) is 2. The van der Waals surface area contributed by atoms with Crippen LogP contribution in [0.15, 0.2) is 83.8 Å². The fraction of sp³-hybridized carbons (Fsp3) is 0.174. The van der Waals surface area contributed by atoms with E-state index >= 15 is 0 Å². The Balaban J connectivity index is 1.58. The summed E-state index contributed by atoms with van der Waals surface area (Å²) in [7, 11) is 0. The molecule has 3 aromatic carbocycles. The second-order valence-corrected chi connectivity index (χ2v) is 8.30. The summed E-state index contributed by atoms with van der Waals surface area (Å²) < 4.78 is 0. The van der Waals surface area contributed by atoms with Gasteiger partial charge in [0.25, 0.3) is 0 Å². The number of halogens is 1. The van der Waals surface area contributed by atoms with Gasteiger partial charge in [-0.2, -0.15) is 0 Å². The third-order valence-electron chi connectivity index (χ3n) is 4.91. The van der Waals surface area contributed by atoms with Crippen LogP contribution < -0.4 is 4.90 Å². The topological polar surface area (TPSA) is 20.3 Å². The Morgan fingerprint density at radius 3 is 2.26 bits per heavy atom. The van der Waals surface area contributed by atoms with Gasteiger partial charge in [-0.15, -0.1) is 11.8 Å². The number of nitrogens with zero attached hydrogens (tertiary/aromatic N) is 1. The standard InChI is InChI=1S/C23H20ClNOS/c1-16-7-11-19(12-8-16)25-22(17-5-3-2-4-6-17)21(23(25)26)15-27-20-13-9-18(24)10-14-20/h2-14,21-22H,15H2,1H3. The normalized spacial score (nSPS) is 19.0. The molecule has 2 atom stereocenters. The van der Waals surface area contributed by atoms with E-state index in [-0.39, 0.29) is 17.9 Å². The van der Waals surface area contributed by atoms with Crippen LogP contribution in [0, 0.1) is 12.8 Å². The van der Waals surface area contributed by atoms with E-state index in [4.69, 9.17) is 11.6 Å². The van der Waals surface area contributed by atoms with Crippen molar-refractivity contribution in [2.75, 3.05) is 10.7 Å². The second-order valence-electron chi connectivity index (χ2n) is 6.77. The number of rotatable bonds is 5. The minimum atomic E-state index is -0.0330. The Labute approximate surface area is 169 Å². The van der Waals surface area contributed by atoms with Gasteiger partial charge in [0.05, 0.1) is 12.0 Å². The molecule has 0 radical (unpaired) electrons. The van der Waals surface area contributed by atoms with E-state index in [0.717, 1.165) is 21.4 Å². The van der Waals surface area contributed by atoms with E-state index in [1.807, 2.05) is 59.5 Å². The van der Waals surface area contributed by atoms with Gasteiger partial charge in [0.2, 0.25) is 5.91 Å². The van der Waals surface area contributed by atoms with Crippen LogP contribution in [0.25, 0.3) is 0 Å². The maximum Gasteiger partial charge on any atom is 0.233 e. The second kappa shape index (κ2) is 7.79. The molecule has 1 fully saturated rings. The van der Waals surface area contributed by atoms with Gasteiger partial charge < -0.3 is 4.90 Å². The van der Waals surface area contributed by atoms with Gasteiger partial charge in [0.15, 0.2) is 0 Å². The first-order valence-corrected chi connectivity index (χ1v) is 10.3. The fourth-order valence-corrected chi connectivity index (χ4v) is 4.60. The SMILES string of the molecule is Cc1ccc(N2C(=O)C(CSc3ccc(Cl)cc3)C2c2ccccc2)cc1. The summed E-state index contributed by atoms with van der Waals surface area (Å²) in [6.07, 6.45) is 0. The zero-order valence-corrected chi connectivity index (χ0v) is 16.6. The number of β-lactam (4-membered cyclic amide) rings is 1. The Morgan fingerprint density at radius 1 is 0.926 bits per heavy atom. The highest BCUT2D eigenvalue weighted by molar-refractivity contribution is 7.99. The third-order valence-corrected chi connectivity index (χ3v) is 6.29. The summed E-state index contributed by atoms with van der Waals surface area (Å²) >= 11 is 7.68. The molecule has 0 N–H and O–H groups in total. The molecule has 0 aromatic heterocycles. The van der Waals surface area contributed by atoms with Gasteiger partial charge in [0.1, 0.15) is 0 Å². The van der Waals surface area contributed by atoms with Crippen molar-refractivity contribution < 1.29 is 4.79 Å². The molecule has 0 aliphatic carbocycles. The molecule has 0 spiro atoms. The van der Waals surface area contributed by atoms with Crippen molar-refractivity contribution in [1.82, 2.24) is 0 Å². The lowest BCUT2D eigenvalue weighted by Crippen LogP contribution is -2.56. The fourth-order valence-electron chi connectivity index (χ4n) is 3.45. The van der Waals surface area contributed by atoms with E-state index in [0.29, 0.717) is 0 Å². The first-order chi connectivity index (χ1) is 13.1. The number of benzene rings is 3. The average Bonchev–Trinajstić information content (AvgIpc) is 2.69. The van der Waals surface area contributed by atoms with Crippen LogP contribution in [0.1, 0.15) is 17.2 Å². The quantitative estimate of drug-likeness (QED) is 0.383. The lowest BCUT2D eigenvalue weighted by atomic mass is 9.83. The molecule has 4 rings (SSSR count). The van der Waals surface area contributed by atoms with Gasteiger partial charge in [-0.05, 0) is 48.9 Å². The minimum Gasteiger partial charge on any atom is -0.304 e. The smallest absolute Gasteiger partial charge is 0.233 e. The number of amides is 1. The molecule has 0 saturated carbocycles. The monoisotopic (exact) mass is 393 g/mol. The van der Waals surface area contributed by atoms with Crippen LogP contribution in [0.5, 0.6) is 0 Å². The lowest BCUT2D eigenvalue weighted by molar-refractivity contribution is -0.129. The lowest BCUT2D eigenvalue weighted by Gasteiger charge is -2.47. The van der Waals surface area contributed by atoms with Crippen molar-refractivity contribution in [3.8, 4) is 0 Å². The number of anilines is 1. The first kappa shape index (κ1) is 18.1. The molecular weight excluding hydrogens is 374 g/mol. The zero-order valence-electron chi connectivity index (χ0n) is 15.0. The Kier molecular flexibility index (Phi) is 5.24. The van der Waals surface area contributed by atoms with Crippen LogP contribution in [0.2, 0.25) is 5.02 Å². The van der Waals surface area contributed by atoms with Crippen molar-refractivity contribution in [1.29, 1.82) is 0 Å². The highest BCUT2D eigenvalue weighted by atomic mass is 35.5. The van der Waals surface area contributed by atoms with Gasteiger partial charge in [-0.1, -0.05) is 59.6 Å². The summed E-state index contributed by atoms with van der Waals surface area (Å²) in [5.74, 6) is 0.908. The summed E-state index contributed by atoms with van der Waals surface area (Å²) in [5.41, 5.74) is 3.34. The molecule has 1 saturated heterocycles. The summed E-state index contributed by atoms with van der Waals surface area (Å²) in [6.45, 7) is 2.06. The predicted molar refractivity (Wildman–Crippen MR) is 114 cm³/mol. The van der Waals surface area contributed by atoms with E-state index in [1.165, 1.54) is 11.1 Å². The molecule has 27 heavy (non-hydrogen) atoms. The molecular formula is C23H20ClNOS. The van der Waals surface area contributed by atoms with Crippen molar-refractivity contribution in [2.24, 2.45) is 5.92 Å². The molecule has 0 bridgehead atoms. The molecule has 1 aliphatic rings. The number of carbonyl (C=O) groups is 1. The van der Waals surface area contributed by atoms with Gasteiger partial charge in [0, 0.05) is 21.4 Å². The number of aryl methyl sites for hydroxylation is 1. The molecule has 136 valence electrons. The van der Waals surface area contributed by atoms with E-state index in [9.17, 15) is 4.79 Å². The van der Waals surface area contributed by atoms with E-state index < -0.39 is 0 Å². The molecule has 1 amide bonds. The van der Waals surface area contributed by atoms with Crippen molar-refractivity contribution >= 4 is 35.0 Å². The largest absolute Gasteiger partial charge is 0.304 e. The van der Waals surface area contributed by atoms with Crippen LogP contribution >= 0.6 is 23.4 Å². The first-order valence-electron chi connectivity index (χ1n) is 8.96. The van der Waals surface area contributed by atoms with Crippen LogP contribution in [-0.2, 0) is 4.79 Å². The highest BCUT2D eigenvalue weighted by Crippen LogP contribution is 2.45. The van der Waals surface area contributed by atoms with Gasteiger partial charge in [-0.25, -0.2) is 0 Å². The maximum absolute atomic E-state index is 13.0. The van der Waals surface area contributed by atoms with Gasteiger partial charge in [-0.3, -0.25) is 4.79 Å². The Bertz CT molecular complexity index is 925. The Hall–Kier alpha value is -2.23. The summed E-state index contributed by atoms with van der Waals surface area (Å²) in [5, 5.41) is 0.728. The molecule has 1 heterocycles. The molecule has 2 unspecified atom stereocenters. The zero-order chi connectivity index (χ0) is 18.8. The van der Waals surface area contributed by atoms with E-state index in [2.05, 4.69) is 31.2 Å². The maximum atomic E-state index is 13.0. The Morgan fingerprint density at radius 2 is 1.59 bits per heavy atom. The highest BCUT2D eigenvalue weighted by Gasteiger charge is 2.48. The van der Waals surface area contributed by atoms with Crippen molar-refractivity contribution in [3.05, 3.63) is 95.0 Å². The van der Waals surface area contributed by atoms with Crippen LogP contribution in [0.4, 0.5) is 5.69 Å². The van der Waals surface area contributed by atoms with Crippen LogP contribution in [-0.4, -0.2) is 11.7 Å². The van der Waals surface area contributed by atoms with Crippen molar-refractivity contribution in [2.45, 2.75) is 17.9 Å². The predicted octanol–water partition coefficient (Wildman–Crippen LogP) is 6.14. The average molecular weight is 394 g/mol. The van der Waals surface area contributed by atoms with Crippen LogP contribution in [0.3, 0.4) is 0 Å². The molecule has 3 aromatic rings. The van der Waals surface area contributed by atoms with Gasteiger partial charge >= 0.3 is 0 Å². The number of hydrogen-bond donors (Lipinski definition) is 0. The molecule has 2 nitrogen and oxygen atoms in total. The summed E-state index contributed by atoms with van der Waals surface area (Å²) in [6, 6.07) is 26.3.